The van der Waals surface area contributed by atoms with Crippen molar-refractivity contribution in [1.82, 2.24) is 9.99 Å². The van der Waals surface area contributed by atoms with Crippen LogP contribution in [0.2, 0.25) is 0 Å². The first kappa shape index (κ1) is 20.0. The SMILES string of the molecule is COc1ccc(-n2ccc(/C=N/NC(=O)COc3cccc(N(C)C)c3)c2)cc1. The summed E-state index contributed by atoms with van der Waals surface area (Å²) < 4.78 is 12.6. The van der Waals surface area contributed by atoms with E-state index in [1.54, 1.807) is 13.3 Å². The highest BCUT2D eigenvalue weighted by atomic mass is 16.5. The molecule has 7 heteroatoms. The molecule has 0 aliphatic heterocycles. The number of aromatic nitrogens is 1. The summed E-state index contributed by atoms with van der Waals surface area (Å²) >= 11 is 0. The van der Waals surface area contributed by atoms with Crippen molar-refractivity contribution in [3.05, 3.63) is 72.6 Å². The summed E-state index contributed by atoms with van der Waals surface area (Å²) in [6.45, 7) is -0.110. The third-order valence-corrected chi connectivity index (χ3v) is 4.19. The summed E-state index contributed by atoms with van der Waals surface area (Å²) in [6.07, 6.45) is 5.43. The Hall–Kier alpha value is -3.74. The zero-order valence-corrected chi connectivity index (χ0v) is 16.7. The van der Waals surface area contributed by atoms with Crippen molar-refractivity contribution in [1.29, 1.82) is 0 Å². The number of hydrogen-bond acceptors (Lipinski definition) is 5. The quantitative estimate of drug-likeness (QED) is 0.473. The molecular weight excluding hydrogens is 368 g/mol. The van der Waals surface area contributed by atoms with Gasteiger partial charge in [-0.2, -0.15) is 5.10 Å². The van der Waals surface area contributed by atoms with Crippen LogP contribution in [0.25, 0.3) is 5.69 Å². The molecule has 1 aromatic heterocycles. The van der Waals surface area contributed by atoms with E-state index in [1.165, 1.54) is 0 Å². The van der Waals surface area contributed by atoms with Crippen molar-refractivity contribution >= 4 is 17.8 Å². The molecule has 0 saturated carbocycles. The van der Waals surface area contributed by atoms with Crippen molar-refractivity contribution in [3.8, 4) is 17.2 Å². The van der Waals surface area contributed by atoms with Gasteiger partial charge in [0.05, 0.1) is 13.3 Å². The van der Waals surface area contributed by atoms with Gasteiger partial charge in [-0.25, -0.2) is 5.43 Å². The van der Waals surface area contributed by atoms with E-state index in [4.69, 9.17) is 9.47 Å². The van der Waals surface area contributed by atoms with Crippen LogP contribution in [0.3, 0.4) is 0 Å². The average molecular weight is 392 g/mol. The molecule has 0 saturated heterocycles. The zero-order valence-electron chi connectivity index (χ0n) is 16.7. The Morgan fingerprint density at radius 3 is 2.66 bits per heavy atom. The molecule has 0 radical (unpaired) electrons. The van der Waals surface area contributed by atoms with Crippen LogP contribution in [0, 0.1) is 0 Å². The average Bonchev–Trinajstić information content (AvgIpc) is 3.21. The van der Waals surface area contributed by atoms with Crippen molar-refractivity contribution in [3.63, 3.8) is 0 Å². The number of nitrogens with one attached hydrogen (secondary N) is 1. The van der Waals surface area contributed by atoms with Gasteiger partial charge >= 0.3 is 0 Å². The lowest BCUT2D eigenvalue weighted by Crippen LogP contribution is -2.24. The van der Waals surface area contributed by atoms with Crippen LogP contribution in [0.5, 0.6) is 11.5 Å². The first-order valence-electron chi connectivity index (χ1n) is 9.09. The first-order chi connectivity index (χ1) is 14.0. The van der Waals surface area contributed by atoms with Gasteiger partial charge in [0.15, 0.2) is 6.61 Å². The van der Waals surface area contributed by atoms with Crippen LogP contribution in [0.4, 0.5) is 5.69 Å². The normalized spacial score (nSPS) is 10.7. The van der Waals surface area contributed by atoms with Crippen LogP contribution < -0.4 is 19.8 Å². The molecule has 0 aliphatic carbocycles. The number of methoxy groups -OCH3 is 1. The third-order valence-electron chi connectivity index (χ3n) is 4.19. The molecule has 29 heavy (non-hydrogen) atoms. The van der Waals surface area contributed by atoms with Crippen LogP contribution in [0.15, 0.2) is 72.1 Å². The number of carbonyl (C=O) groups excluding carboxylic acids is 1. The fourth-order valence-electron chi connectivity index (χ4n) is 2.62. The number of rotatable bonds is 8. The number of hydrogen-bond donors (Lipinski definition) is 1. The molecule has 0 aliphatic rings. The second-order valence-corrected chi connectivity index (χ2v) is 6.52. The molecule has 0 atom stereocenters. The maximum atomic E-state index is 11.9. The summed E-state index contributed by atoms with van der Waals surface area (Å²) in [5, 5.41) is 3.99. The number of nitrogens with zero attached hydrogens (tertiary/aromatic N) is 3. The molecule has 0 unspecified atom stereocenters. The van der Waals surface area contributed by atoms with E-state index >= 15 is 0 Å². The van der Waals surface area contributed by atoms with Gasteiger partial charge in [-0.05, 0) is 42.5 Å². The molecule has 0 fully saturated rings. The Kier molecular flexibility index (Phi) is 6.52. The Morgan fingerprint density at radius 2 is 1.93 bits per heavy atom. The highest BCUT2D eigenvalue weighted by Gasteiger charge is 2.03. The summed E-state index contributed by atoms with van der Waals surface area (Å²) in [7, 11) is 5.53. The fraction of sp³-hybridized carbons (Fsp3) is 0.182. The van der Waals surface area contributed by atoms with E-state index in [-0.39, 0.29) is 12.5 Å². The van der Waals surface area contributed by atoms with E-state index in [0.717, 1.165) is 22.7 Å². The predicted octanol–water partition coefficient (Wildman–Crippen LogP) is 3.08. The number of anilines is 1. The van der Waals surface area contributed by atoms with E-state index in [1.807, 2.05) is 90.6 Å². The molecule has 3 aromatic rings. The monoisotopic (exact) mass is 392 g/mol. The third kappa shape index (κ3) is 5.62. The fourth-order valence-corrected chi connectivity index (χ4v) is 2.62. The van der Waals surface area contributed by atoms with Crippen LogP contribution in [-0.2, 0) is 4.79 Å². The van der Waals surface area contributed by atoms with Gasteiger partial charge in [0.25, 0.3) is 5.91 Å². The molecule has 2 aromatic carbocycles. The van der Waals surface area contributed by atoms with Crippen molar-refractivity contribution in [2.24, 2.45) is 5.10 Å². The van der Waals surface area contributed by atoms with E-state index in [2.05, 4.69) is 10.5 Å². The Labute approximate surface area is 170 Å². The molecular formula is C22H24N4O3. The van der Waals surface area contributed by atoms with Crippen molar-refractivity contribution < 1.29 is 14.3 Å². The zero-order chi connectivity index (χ0) is 20.6. The molecule has 150 valence electrons. The van der Waals surface area contributed by atoms with Gasteiger partial charge in [0, 0.05) is 49.5 Å². The van der Waals surface area contributed by atoms with Crippen LogP contribution >= 0.6 is 0 Å². The minimum Gasteiger partial charge on any atom is -0.497 e. The standard InChI is InChI=1S/C22H24N4O3/c1-25(2)19-5-4-6-21(13-19)29-16-22(27)24-23-14-17-11-12-26(15-17)18-7-9-20(28-3)10-8-18/h4-15H,16H2,1-3H3,(H,24,27)/b23-14+. The summed E-state index contributed by atoms with van der Waals surface area (Å²) in [4.78, 5) is 13.9. The number of amides is 1. The minimum absolute atomic E-state index is 0.110. The van der Waals surface area contributed by atoms with Gasteiger partial charge in [0.2, 0.25) is 0 Å². The lowest BCUT2D eigenvalue weighted by molar-refractivity contribution is -0.123. The van der Waals surface area contributed by atoms with Gasteiger partial charge < -0.3 is 18.9 Å². The molecule has 1 N–H and O–H groups in total. The maximum Gasteiger partial charge on any atom is 0.277 e. The maximum absolute atomic E-state index is 11.9. The molecule has 0 bridgehead atoms. The minimum atomic E-state index is -0.328. The Morgan fingerprint density at radius 1 is 1.14 bits per heavy atom. The van der Waals surface area contributed by atoms with Gasteiger partial charge in [-0.1, -0.05) is 6.07 Å². The van der Waals surface area contributed by atoms with E-state index < -0.39 is 0 Å². The van der Waals surface area contributed by atoms with Crippen molar-refractivity contribution in [2.45, 2.75) is 0 Å². The topological polar surface area (TPSA) is 68.1 Å². The second kappa shape index (κ2) is 9.45. The number of hydrazone groups is 1. The number of ether oxygens (including phenoxy) is 2. The first-order valence-corrected chi connectivity index (χ1v) is 9.09. The number of carbonyl (C=O) groups is 1. The second-order valence-electron chi connectivity index (χ2n) is 6.52. The molecule has 1 amide bonds. The highest BCUT2D eigenvalue weighted by Crippen LogP contribution is 2.19. The Balaban J connectivity index is 1.50. The lowest BCUT2D eigenvalue weighted by atomic mass is 10.3. The predicted molar refractivity (Wildman–Crippen MR) is 114 cm³/mol. The molecule has 0 spiro atoms. The molecule has 7 nitrogen and oxygen atoms in total. The Bertz CT molecular complexity index is 978. The summed E-state index contributed by atoms with van der Waals surface area (Å²) in [5.74, 6) is 1.11. The number of benzene rings is 2. The highest BCUT2D eigenvalue weighted by molar-refractivity contribution is 5.82. The summed E-state index contributed by atoms with van der Waals surface area (Å²) in [5.41, 5.74) is 5.34. The molecule has 3 rings (SSSR count). The molecule has 1 heterocycles. The largest absolute Gasteiger partial charge is 0.497 e. The smallest absolute Gasteiger partial charge is 0.277 e. The van der Waals surface area contributed by atoms with E-state index in [0.29, 0.717) is 5.75 Å². The van der Waals surface area contributed by atoms with Crippen LogP contribution in [0.1, 0.15) is 5.56 Å². The van der Waals surface area contributed by atoms with Gasteiger partial charge in [-0.3, -0.25) is 4.79 Å². The van der Waals surface area contributed by atoms with Crippen LogP contribution in [-0.4, -0.2) is 44.5 Å². The van der Waals surface area contributed by atoms with E-state index in [9.17, 15) is 4.79 Å². The summed E-state index contributed by atoms with van der Waals surface area (Å²) in [6, 6.07) is 17.2. The van der Waals surface area contributed by atoms with Gasteiger partial charge in [0.1, 0.15) is 11.5 Å². The van der Waals surface area contributed by atoms with Crippen molar-refractivity contribution in [2.75, 3.05) is 32.7 Å². The lowest BCUT2D eigenvalue weighted by Gasteiger charge is -2.13. The van der Waals surface area contributed by atoms with Gasteiger partial charge in [-0.15, -0.1) is 0 Å².